The maximum atomic E-state index is 2.51. The molecule has 0 aromatic carbocycles. The van der Waals surface area contributed by atoms with Gasteiger partial charge in [-0.2, -0.15) is 0 Å². The summed E-state index contributed by atoms with van der Waals surface area (Å²) >= 11 is -1.04. The van der Waals surface area contributed by atoms with E-state index in [0.717, 1.165) is 0 Å². The van der Waals surface area contributed by atoms with E-state index >= 15 is 0 Å². The summed E-state index contributed by atoms with van der Waals surface area (Å²) in [5.41, 5.74) is 0. The molecule has 0 aromatic heterocycles. The molecule has 0 spiro atoms. The first-order valence-corrected chi connectivity index (χ1v) is 15.6. The molecule has 0 unspecified atom stereocenters. The molecule has 0 N–H and O–H groups in total. The van der Waals surface area contributed by atoms with E-state index in [9.17, 15) is 0 Å². The second kappa shape index (κ2) is 2.42. The first kappa shape index (κ1) is 9.17. The van der Waals surface area contributed by atoms with Crippen LogP contribution in [0.25, 0.3) is 0 Å². The summed E-state index contributed by atoms with van der Waals surface area (Å²) in [4.78, 5) is 0. The van der Waals surface area contributed by atoms with E-state index in [0.29, 0.717) is 0 Å². The number of hydrogen-bond acceptors (Lipinski definition) is 0. The van der Waals surface area contributed by atoms with Gasteiger partial charge in [0, 0.05) is 0 Å². The van der Waals surface area contributed by atoms with Gasteiger partial charge in [0.2, 0.25) is 0 Å². The molecule has 59 valence electrons. The van der Waals surface area contributed by atoms with Crippen molar-refractivity contribution in [2.75, 3.05) is 20.0 Å². The van der Waals surface area contributed by atoms with Gasteiger partial charge in [0.25, 0.3) is 0 Å². The normalized spacial score (nSPS) is 18.2. The van der Waals surface area contributed by atoms with Crippen molar-refractivity contribution in [1.29, 1.82) is 0 Å². The van der Waals surface area contributed by atoms with E-state index in [1.165, 1.54) is 0 Å². The molecule has 0 saturated carbocycles. The molecular weight excluding hydrogens is 300 g/mol. The van der Waals surface area contributed by atoms with E-state index in [4.69, 9.17) is 0 Å². The Bertz CT molecular complexity index is 63.5. The Morgan fingerprint density at radius 3 is 1.00 bits per heavy atom. The molecule has 0 aliphatic carbocycles. The fourth-order valence-corrected chi connectivity index (χ4v) is 0. The van der Waals surface area contributed by atoms with Crippen molar-refractivity contribution >= 4 is 5.15 Å². The molecule has 0 saturated heterocycles. The molecule has 0 heterocycles. The topological polar surface area (TPSA) is 0 Å². The van der Waals surface area contributed by atoms with Crippen LogP contribution in [-0.2, 0) is 16.6 Å². The summed E-state index contributed by atoms with van der Waals surface area (Å²) in [6, 6.07) is 0. The van der Waals surface area contributed by atoms with Gasteiger partial charge in [0.1, 0.15) is 0 Å². The molecule has 0 aliphatic heterocycles. The minimum atomic E-state index is -1.04. The van der Waals surface area contributed by atoms with Gasteiger partial charge in [-0.3, -0.25) is 0 Å². The molecule has 0 rings (SSSR count). The third kappa shape index (κ3) is 2.64. The SMILES string of the molecule is C[PH](C)(C)[Au]([CH3])([CH3])[CH3]. The van der Waals surface area contributed by atoms with Gasteiger partial charge in [-0.1, -0.05) is 0 Å². The van der Waals surface area contributed by atoms with Gasteiger partial charge >= 0.3 is 57.2 Å². The molecule has 0 amide bonds. The predicted octanol–water partition coefficient (Wildman–Crippen LogP) is 2.84. The van der Waals surface area contributed by atoms with Crippen molar-refractivity contribution in [3.63, 3.8) is 0 Å². The van der Waals surface area contributed by atoms with Gasteiger partial charge in [0.15, 0.2) is 0 Å². The Morgan fingerprint density at radius 2 is 1.00 bits per heavy atom. The quantitative estimate of drug-likeness (QED) is 0.515. The summed E-state index contributed by atoms with van der Waals surface area (Å²) in [6.07, 6.45) is 0. The molecule has 8 heavy (non-hydrogen) atoms. The van der Waals surface area contributed by atoms with E-state index < -0.39 is 21.8 Å². The molecule has 0 fully saturated rings. The Morgan fingerprint density at radius 1 is 0.875 bits per heavy atom. The molecule has 2 heteroatoms. The molecular formula is C6H19AuP. The first-order valence-electron chi connectivity index (χ1n) is 2.56. The van der Waals surface area contributed by atoms with Crippen LogP contribution in [0.4, 0.5) is 0 Å². The van der Waals surface area contributed by atoms with Gasteiger partial charge in [-0.25, -0.2) is 0 Å². The average molecular weight is 319 g/mol. The van der Waals surface area contributed by atoms with Crippen LogP contribution in [0.15, 0.2) is 0 Å². The van der Waals surface area contributed by atoms with E-state index in [1.54, 1.807) is 0 Å². The first-order chi connectivity index (χ1) is 3.25. The van der Waals surface area contributed by atoms with Crippen LogP contribution in [0.1, 0.15) is 0 Å². The Balaban J connectivity index is 4.02. The van der Waals surface area contributed by atoms with E-state index in [1.807, 2.05) is 0 Å². The van der Waals surface area contributed by atoms with Crippen LogP contribution >= 0.6 is 5.15 Å². The van der Waals surface area contributed by atoms with Gasteiger partial charge in [0.05, 0.1) is 0 Å². The van der Waals surface area contributed by atoms with Crippen LogP contribution in [0.3, 0.4) is 0 Å². The van der Waals surface area contributed by atoms with Gasteiger partial charge < -0.3 is 0 Å². The summed E-state index contributed by atoms with van der Waals surface area (Å²) in [6.45, 7) is 7.46. The second-order valence-corrected chi connectivity index (χ2v) is 34.1. The molecule has 0 nitrogen and oxygen atoms in total. The predicted molar refractivity (Wildman–Crippen MR) is 43.7 cm³/mol. The summed E-state index contributed by atoms with van der Waals surface area (Å²) < 4.78 is 0. The Kier molecular flexibility index (Phi) is 2.78. The Hall–Kier alpha value is 1.17. The van der Waals surface area contributed by atoms with Crippen LogP contribution in [-0.4, -0.2) is 20.0 Å². The summed E-state index contributed by atoms with van der Waals surface area (Å²) in [5.74, 6) is 0. The second-order valence-electron chi connectivity index (χ2n) is 3.31. The van der Waals surface area contributed by atoms with Crippen molar-refractivity contribution in [1.82, 2.24) is 0 Å². The van der Waals surface area contributed by atoms with Gasteiger partial charge in [-0.05, 0) is 0 Å². The number of hydrogen-bond donors (Lipinski definition) is 0. The van der Waals surface area contributed by atoms with Crippen molar-refractivity contribution in [2.45, 2.75) is 15.4 Å². The van der Waals surface area contributed by atoms with Crippen LogP contribution in [0, 0.1) is 0 Å². The van der Waals surface area contributed by atoms with Crippen molar-refractivity contribution in [3.8, 4) is 0 Å². The maximum absolute atomic E-state index is 2.51. The zero-order valence-electron chi connectivity index (χ0n) is 6.80. The molecule has 0 aromatic rings. The monoisotopic (exact) mass is 319 g/mol. The van der Waals surface area contributed by atoms with Crippen LogP contribution < -0.4 is 0 Å². The number of rotatable bonds is 1. The van der Waals surface area contributed by atoms with Crippen molar-refractivity contribution in [2.24, 2.45) is 0 Å². The summed E-state index contributed by atoms with van der Waals surface area (Å²) in [7, 11) is 0. The fourth-order valence-electron chi connectivity index (χ4n) is 0. The molecule has 0 aliphatic rings. The molecule has 0 radical (unpaired) electrons. The fraction of sp³-hybridized carbons (Fsp3) is 1.00. The minimum absolute atomic E-state index is 0.685. The van der Waals surface area contributed by atoms with Gasteiger partial charge in [-0.15, -0.1) is 0 Å². The van der Waals surface area contributed by atoms with Crippen LogP contribution in [0.2, 0.25) is 15.4 Å². The van der Waals surface area contributed by atoms with Crippen molar-refractivity contribution < 1.29 is 16.6 Å². The van der Waals surface area contributed by atoms with Crippen LogP contribution in [0.5, 0.6) is 0 Å². The van der Waals surface area contributed by atoms with Crippen molar-refractivity contribution in [3.05, 3.63) is 0 Å². The zero-order valence-corrected chi connectivity index (χ0v) is 9.97. The summed E-state index contributed by atoms with van der Waals surface area (Å²) in [5, 5.41) is 6.83. The third-order valence-electron chi connectivity index (χ3n) is 1.36. The molecule has 0 bridgehead atoms. The average Bonchev–Trinajstić information content (AvgIpc) is 1.25. The Labute approximate surface area is 57.3 Å². The van der Waals surface area contributed by atoms with E-state index in [-0.39, 0.29) is 0 Å². The molecule has 0 atom stereocenters. The zero-order chi connectivity index (χ0) is 7.00. The third-order valence-corrected chi connectivity index (χ3v) is 33.3. The standard InChI is InChI=1S/C3H9P.3CH3.Au/c1-4(2)3;;;;/h1-3H3;3*1H3;/q;;;;-1/p+1. The van der Waals surface area contributed by atoms with E-state index in [2.05, 4.69) is 35.4 Å².